The number of piperidine rings is 1. The van der Waals surface area contributed by atoms with Crippen LogP contribution in [0.15, 0.2) is 35.0 Å². The van der Waals surface area contributed by atoms with Gasteiger partial charge in [-0.25, -0.2) is 4.90 Å². The Bertz CT molecular complexity index is 669. The van der Waals surface area contributed by atoms with Crippen molar-refractivity contribution in [2.45, 2.75) is 32.2 Å². The molecule has 3 rings (SSSR count). The van der Waals surface area contributed by atoms with Crippen molar-refractivity contribution in [3.8, 4) is 5.75 Å². The van der Waals surface area contributed by atoms with Gasteiger partial charge in [0.15, 0.2) is 0 Å². The summed E-state index contributed by atoms with van der Waals surface area (Å²) in [4.78, 5) is 28.4. The van der Waals surface area contributed by atoms with Crippen LogP contribution in [0.2, 0.25) is 0 Å². The van der Waals surface area contributed by atoms with Crippen LogP contribution in [0.4, 0.5) is 5.69 Å². The van der Waals surface area contributed by atoms with E-state index >= 15 is 0 Å². The van der Waals surface area contributed by atoms with Gasteiger partial charge in [0.25, 0.3) is 11.8 Å². The van der Waals surface area contributed by atoms with Crippen molar-refractivity contribution in [1.82, 2.24) is 4.90 Å². The largest absolute Gasteiger partial charge is 0.497 e. The van der Waals surface area contributed by atoms with E-state index in [4.69, 9.17) is 16.3 Å². The Hall–Kier alpha value is -2.01. The Kier molecular flexibility index (Phi) is 4.31. The van der Waals surface area contributed by atoms with Gasteiger partial charge in [0, 0.05) is 12.6 Å². The molecule has 0 aromatic heterocycles. The quantitative estimate of drug-likeness (QED) is 0.798. The summed E-state index contributed by atoms with van der Waals surface area (Å²) in [6.07, 6.45) is 3.13. The molecular weight excluding hydrogens is 316 g/mol. The molecule has 6 heteroatoms. The van der Waals surface area contributed by atoms with Gasteiger partial charge >= 0.3 is 0 Å². The lowest BCUT2D eigenvalue weighted by atomic mass is 10.0. The number of nitrogens with zero attached hydrogens (tertiary/aromatic N) is 2. The van der Waals surface area contributed by atoms with E-state index in [2.05, 4.69) is 6.92 Å². The van der Waals surface area contributed by atoms with Crippen molar-refractivity contribution in [1.29, 1.82) is 0 Å². The van der Waals surface area contributed by atoms with Gasteiger partial charge in [0.05, 0.1) is 12.8 Å². The van der Waals surface area contributed by atoms with E-state index in [1.165, 1.54) is 0 Å². The van der Waals surface area contributed by atoms with Gasteiger partial charge in [-0.15, -0.1) is 0 Å². The maximum atomic E-state index is 12.8. The molecular formula is C17H19ClN2O3. The third kappa shape index (κ3) is 2.70. The second-order valence-electron chi connectivity index (χ2n) is 5.84. The van der Waals surface area contributed by atoms with Crippen LogP contribution in [-0.4, -0.2) is 36.4 Å². The van der Waals surface area contributed by atoms with Crippen LogP contribution in [0.5, 0.6) is 5.75 Å². The first-order valence-electron chi connectivity index (χ1n) is 7.74. The molecule has 0 saturated carbocycles. The van der Waals surface area contributed by atoms with Gasteiger partial charge in [-0.05, 0) is 50.5 Å². The molecule has 1 saturated heterocycles. The third-order valence-corrected chi connectivity index (χ3v) is 4.77. The van der Waals surface area contributed by atoms with E-state index in [0.29, 0.717) is 17.1 Å². The number of ether oxygens (including phenoxy) is 1. The summed E-state index contributed by atoms with van der Waals surface area (Å²) in [5.74, 6) is -0.148. The van der Waals surface area contributed by atoms with E-state index < -0.39 is 5.91 Å². The monoisotopic (exact) mass is 334 g/mol. The molecule has 0 radical (unpaired) electrons. The fourth-order valence-corrected chi connectivity index (χ4v) is 3.41. The molecule has 2 amide bonds. The van der Waals surface area contributed by atoms with Crippen molar-refractivity contribution >= 4 is 29.1 Å². The van der Waals surface area contributed by atoms with E-state index in [9.17, 15) is 9.59 Å². The summed E-state index contributed by atoms with van der Waals surface area (Å²) in [6, 6.07) is 7.00. The summed E-state index contributed by atoms with van der Waals surface area (Å²) in [5.41, 5.74) is 0.832. The Balaban J connectivity index is 1.91. The Morgan fingerprint density at radius 2 is 1.83 bits per heavy atom. The highest BCUT2D eigenvalue weighted by Crippen LogP contribution is 2.34. The van der Waals surface area contributed by atoms with Crippen molar-refractivity contribution in [2.75, 3.05) is 18.6 Å². The van der Waals surface area contributed by atoms with Crippen LogP contribution in [0.25, 0.3) is 0 Å². The molecule has 2 aliphatic rings. The zero-order valence-electron chi connectivity index (χ0n) is 13.2. The minimum Gasteiger partial charge on any atom is -0.497 e. The van der Waals surface area contributed by atoms with Crippen LogP contribution in [0, 0.1) is 0 Å². The number of imide groups is 1. The number of hydrogen-bond donors (Lipinski definition) is 0. The van der Waals surface area contributed by atoms with Crippen LogP contribution in [-0.2, 0) is 9.59 Å². The topological polar surface area (TPSA) is 49.9 Å². The molecule has 1 fully saturated rings. The SMILES string of the molecule is COc1ccc(N2C(=O)C(Cl)=C(N3CCCCC3C)C2=O)cc1. The lowest BCUT2D eigenvalue weighted by Gasteiger charge is -2.35. The van der Waals surface area contributed by atoms with Crippen molar-refractivity contribution < 1.29 is 14.3 Å². The first-order valence-corrected chi connectivity index (χ1v) is 8.11. The molecule has 1 atom stereocenters. The molecule has 0 N–H and O–H groups in total. The molecule has 2 heterocycles. The molecule has 1 unspecified atom stereocenters. The van der Waals surface area contributed by atoms with Crippen LogP contribution in [0.3, 0.4) is 0 Å². The predicted octanol–water partition coefficient (Wildman–Crippen LogP) is 2.89. The lowest BCUT2D eigenvalue weighted by molar-refractivity contribution is -0.121. The predicted molar refractivity (Wildman–Crippen MR) is 88.4 cm³/mol. The molecule has 122 valence electrons. The number of methoxy groups -OCH3 is 1. The smallest absolute Gasteiger partial charge is 0.283 e. The summed E-state index contributed by atoms with van der Waals surface area (Å²) in [5, 5.41) is 0.0135. The Morgan fingerprint density at radius 1 is 1.13 bits per heavy atom. The highest BCUT2D eigenvalue weighted by molar-refractivity contribution is 6.52. The van der Waals surface area contributed by atoms with Crippen LogP contribution >= 0.6 is 11.6 Å². The molecule has 0 bridgehead atoms. The Morgan fingerprint density at radius 3 is 2.43 bits per heavy atom. The van der Waals surface area contributed by atoms with Crippen molar-refractivity contribution in [3.05, 3.63) is 35.0 Å². The summed E-state index contributed by atoms with van der Waals surface area (Å²) in [6.45, 7) is 2.81. The normalized spacial score (nSPS) is 22.1. The van der Waals surface area contributed by atoms with Gasteiger partial charge in [-0.2, -0.15) is 0 Å². The zero-order valence-corrected chi connectivity index (χ0v) is 14.0. The first kappa shape index (κ1) is 15.9. The number of rotatable bonds is 3. The van der Waals surface area contributed by atoms with Crippen LogP contribution in [0.1, 0.15) is 26.2 Å². The minimum atomic E-state index is -0.463. The molecule has 1 aromatic carbocycles. The van der Waals surface area contributed by atoms with Crippen molar-refractivity contribution in [3.63, 3.8) is 0 Å². The van der Waals surface area contributed by atoms with E-state index in [1.807, 2.05) is 4.90 Å². The number of carbonyl (C=O) groups excluding carboxylic acids is 2. The molecule has 0 spiro atoms. The van der Waals surface area contributed by atoms with Gasteiger partial charge < -0.3 is 9.64 Å². The number of amides is 2. The third-order valence-electron chi connectivity index (χ3n) is 4.43. The van der Waals surface area contributed by atoms with Gasteiger partial charge in [0.2, 0.25) is 0 Å². The molecule has 23 heavy (non-hydrogen) atoms. The molecule has 5 nitrogen and oxygen atoms in total. The fraction of sp³-hybridized carbons (Fsp3) is 0.412. The summed E-state index contributed by atoms with van der Waals surface area (Å²) < 4.78 is 5.10. The van der Waals surface area contributed by atoms with Gasteiger partial charge in [-0.1, -0.05) is 11.6 Å². The number of likely N-dealkylation sites (tertiary alicyclic amines) is 1. The van der Waals surface area contributed by atoms with E-state index in [1.54, 1.807) is 31.4 Å². The highest BCUT2D eigenvalue weighted by atomic mass is 35.5. The first-order chi connectivity index (χ1) is 11.0. The maximum absolute atomic E-state index is 12.8. The summed E-state index contributed by atoms with van der Waals surface area (Å²) >= 11 is 6.23. The minimum absolute atomic E-state index is 0.0135. The second-order valence-corrected chi connectivity index (χ2v) is 6.22. The molecule has 1 aromatic rings. The van der Waals surface area contributed by atoms with Crippen molar-refractivity contribution in [2.24, 2.45) is 0 Å². The standard InChI is InChI=1S/C17H19ClN2O3/c1-11-5-3-4-10-19(11)15-14(18)16(21)20(17(15)22)12-6-8-13(23-2)9-7-12/h6-9,11H,3-5,10H2,1-2H3. The maximum Gasteiger partial charge on any atom is 0.283 e. The van der Waals surface area contributed by atoms with E-state index in [-0.39, 0.29) is 17.0 Å². The second kappa shape index (κ2) is 6.24. The number of halogens is 1. The van der Waals surface area contributed by atoms with E-state index in [0.717, 1.165) is 30.7 Å². The van der Waals surface area contributed by atoms with Gasteiger partial charge in [0.1, 0.15) is 16.5 Å². The number of anilines is 1. The Labute approximate surface area is 140 Å². The average Bonchev–Trinajstić information content (AvgIpc) is 2.78. The lowest BCUT2D eigenvalue weighted by Crippen LogP contribution is -2.41. The highest BCUT2D eigenvalue weighted by Gasteiger charge is 2.42. The zero-order chi connectivity index (χ0) is 16.6. The van der Waals surface area contributed by atoms with Crippen LogP contribution < -0.4 is 9.64 Å². The number of hydrogen-bond acceptors (Lipinski definition) is 4. The number of benzene rings is 1. The fourth-order valence-electron chi connectivity index (χ4n) is 3.14. The number of carbonyl (C=O) groups is 2. The van der Waals surface area contributed by atoms with Gasteiger partial charge in [-0.3, -0.25) is 9.59 Å². The molecule has 0 aliphatic carbocycles. The molecule has 2 aliphatic heterocycles. The summed E-state index contributed by atoms with van der Waals surface area (Å²) in [7, 11) is 1.56. The average molecular weight is 335 g/mol.